The molecule has 5 aliphatic heterocycles. The Bertz CT molecular complexity index is 1310. The van der Waals surface area contributed by atoms with Crippen molar-refractivity contribution in [3.63, 3.8) is 0 Å². The van der Waals surface area contributed by atoms with Crippen LogP contribution in [0.5, 0.6) is 0 Å². The smallest absolute Gasteiger partial charge is 0.780 e. The van der Waals surface area contributed by atoms with Gasteiger partial charge in [-0.2, -0.15) is 4.90 Å². The van der Waals surface area contributed by atoms with Crippen LogP contribution < -0.4 is 42.5 Å². The van der Waals surface area contributed by atoms with Crippen LogP contribution in [0.15, 0.2) is 47.4 Å². The first kappa shape index (κ1) is 36.7. The maximum Gasteiger partial charge on any atom is 1.00 e. The Morgan fingerprint density at radius 2 is 0.596 bits per heavy atom. The van der Waals surface area contributed by atoms with Gasteiger partial charge in [0.2, 0.25) is 0 Å². The molecule has 288 valence electrons. The molecule has 0 aromatic heterocycles. The Morgan fingerprint density at radius 1 is 0.346 bits per heavy atom. The summed E-state index contributed by atoms with van der Waals surface area (Å²) in [5, 5.41) is 36.3. The normalized spacial score (nSPS) is 46.5. The number of benzene rings is 2. The van der Waals surface area contributed by atoms with Crippen molar-refractivity contribution in [3.8, 4) is 0 Å². The quantitative estimate of drug-likeness (QED) is 0.133. The Hall–Kier alpha value is -0.881. The first-order chi connectivity index (χ1) is 25.2. The van der Waals surface area contributed by atoms with Gasteiger partial charge in [0.05, 0.1) is 49.3 Å². The number of nitrogens with one attached hydrogen (secondary N) is 8. The van der Waals surface area contributed by atoms with Gasteiger partial charge in [0.1, 0.15) is 0 Å². The predicted octanol–water partition coefficient (Wildman–Crippen LogP) is 5.35. The van der Waals surface area contributed by atoms with Gasteiger partial charge in [-0.05, 0) is 109 Å². The topological polar surface area (TPSA) is 96.2 Å². The van der Waals surface area contributed by atoms with Crippen molar-refractivity contribution in [2.24, 2.45) is 47.3 Å². The third-order valence-corrected chi connectivity index (χ3v) is 15.8. The minimum atomic E-state index is 0. The van der Waals surface area contributed by atoms with E-state index in [9.17, 15) is 0 Å². The van der Waals surface area contributed by atoms with E-state index in [1.54, 1.807) is 0 Å². The molecule has 8 unspecified atom stereocenters. The molecule has 4 saturated carbocycles. The fourth-order valence-corrected chi connectivity index (χ4v) is 13.3. The van der Waals surface area contributed by atoms with Gasteiger partial charge in [0.25, 0.3) is 0 Å². The largest absolute Gasteiger partial charge is 1.00 e. The third-order valence-electron chi connectivity index (χ3n) is 15.5. The van der Waals surface area contributed by atoms with Gasteiger partial charge in [-0.1, -0.05) is 93.8 Å². The number of rotatable bonds is 0. The van der Waals surface area contributed by atoms with Crippen LogP contribution in [-0.2, 0) is 29.7 Å². The van der Waals surface area contributed by atoms with E-state index >= 15 is 0 Å². The Morgan fingerprint density at radius 3 is 0.865 bits per heavy atom. The van der Waals surface area contributed by atoms with E-state index < -0.39 is 0 Å². The molecule has 2 aromatic carbocycles. The zero-order valence-corrected chi connectivity index (χ0v) is 32.6. The monoisotopic (exact) mass is 774 g/mol. The minimum absolute atomic E-state index is 0. The molecule has 8 nitrogen and oxygen atoms in total. The van der Waals surface area contributed by atoms with Crippen molar-refractivity contribution < 1.29 is 17.1 Å². The second-order valence-electron chi connectivity index (χ2n) is 18.1. The molecule has 8 N–H and O–H groups in total. The van der Waals surface area contributed by atoms with Crippen LogP contribution in [0.3, 0.4) is 0 Å². The molecule has 4 aliphatic carbocycles. The summed E-state index contributed by atoms with van der Waals surface area (Å²) in [6, 6.07) is 14.2. The zero-order valence-electron chi connectivity index (χ0n) is 30.8. The van der Waals surface area contributed by atoms with Gasteiger partial charge in [-0.3, -0.25) is 42.5 Å². The second-order valence-corrected chi connectivity index (χ2v) is 18.6. The van der Waals surface area contributed by atoms with E-state index in [-0.39, 0.29) is 17.1 Å². The van der Waals surface area contributed by atoms with Gasteiger partial charge in [0.15, 0.2) is 0 Å². The fourth-order valence-electron chi connectivity index (χ4n) is 13.1. The first-order valence-electron chi connectivity index (χ1n) is 21.4. The van der Waals surface area contributed by atoms with E-state index in [0.29, 0.717) is 49.3 Å². The molecule has 0 spiro atoms. The predicted molar refractivity (Wildman–Crippen MR) is 207 cm³/mol. The van der Waals surface area contributed by atoms with Crippen molar-refractivity contribution >= 4 is 23.4 Å². The third kappa shape index (κ3) is 7.04. The Labute approximate surface area is 328 Å². The van der Waals surface area contributed by atoms with Crippen molar-refractivity contribution in [3.05, 3.63) is 42.5 Å². The summed E-state index contributed by atoms with van der Waals surface area (Å²) in [4.78, 5) is 0.906. The zero-order chi connectivity index (χ0) is 33.9. The van der Waals surface area contributed by atoms with Crippen LogP contribution in [0.2, 0.25) is 0 Å². The van der Waals surface area contributed by atoms with E-state index in [0.717, 1.165) is 52.2 Å². The molecule has 0 amide bonds. The summed E-state index contributed by atoms with van der Waals surface area (Å²) in [6.45, 7) is 0. The molecule has 2 aromatic rings. The van der Waals surface area contributed by atoms with Crippen molar-refractivity contribution in [2.75, 3.05) is 0 Å². The second kappa shape index (κ2) is 15.9. The molecular weight excluding hydrogens is 712 g/mol. The molecule has 8 atom stereocenters. The van der Waals surface area contributed by atoms with Crippen molar-refractivity contribution in [2.45, 2.75) is 157 Å². The van der Waals surface area contributed by atoms with Crippen LogP contribution in [0, 0.1) is 47.3 Å². The fraction of sp³-hybridized carbons (Fsp3) is 0.762. The van der Waals surface area contributed by atoms with Crippen LogP contribution in [0.4, 0.5) is 0 Å². The maximum absolute atomic E-state index is 5.04. The average molecular weight is 776 g/mol. The summed E-state index contributed by atoms with van der Waals surface area (Å²) in [6.07, 6.45) is 25.6. The van der Waals surface area contributed by atoms with E-state index in [1.807, 2.05) is 24.3 Å². The summed E-state index contributed by atoms with van der Waals surface area (Å²) >= 11 is 5.04. The van der Waals surface area contributed by atoms with E-state index in [1.165, 1.54) is 114 Å². The van der Waals surface area contributed by atoms with Crippen LogP contribution in [0.25, 0.3) is 10.8 Å². The van der Waals surface area contributed by atoms with Gasteiger partial charge in [-0.15, -0.1) is 0 Å². The molecule has 52 heavy (non-hydrogen) atoms. The molecule has 10 heteroatoms. The van der Waals surface area contributed by atoms with Gasteiger partial charge < -0.3 is 12.6 Å². The maximum atomic E-state index is 5.04. The van der Waals surface area contributed by atoms with Crippen molar-refractivity contribution in [1.29, 1.82) is 0 Å². The van der Waals surface area contributed by atoms with Gasteiger partial charge in [0, 0.05) is 0 Å². The van der Waals surface area contributed by atoms with E-state index in [4.69, 9.17) is 12.6 Å². The van der Waals surface area contributed by atoms with Crippen LogP contribution in [-0.4, -0.2) is 49.3 Å². The standard InChI is InChI=1S/C32H56N8.C10H8S.Cu/c1-2-10-18-17(9-1)25-33-26(18)38-28-21-13-5-6-14-22(21)30(35-28)40-32-24-16-8-7-15-23(24)31(36-32)39-29-20-12-4-3-11-19(20)27(34-29)37-25;11-10-6-5-8-3-1-2-4-9(8)7-10;/h17-40H,1-16H2;1-7,11H;/q;;+1/p-1. The summed E-state index contributed by atoms with van der Waals surface area (Å²) < 4.78 is 0. The van der Waals surface area contributed by atoms with Gasteiger partial charge in [-0.25, -0.2) is 0 Å². The molecular formula is C42H63CuN8S. The molecule has 5 heterocycles. The molecule has 9 fully saturated rings. The summed E-state index contributed by atoms with van der Waals surface area (Å²) in [5.74, 6) is 5.97. The number of fused-ring (bicyclic) bond motifs is 21. The summed E-state index contributed by atoms with van der Waals surface area (Å²) in [7, 11) is 0. The SMILES string of the molecule is C1CCC2C3NC(NC4NC(NC5NC(NC6NC(N3)C3CCCCC63)C3CCCCC53)C3CCCCC43)C2C1.[Cu+].[S-]c1ccc2ccccc2c1. The average Bonchev–Trinajstić information content (AvgIpc) is 3.91. The number of hydrogen-bond acceptors (Lipinski definition) is 9. The Balaban J connectivity index is 0.000000258. The Kier molecular flexibility index (Phi) is 11.3. The van der Waals surface area contributed by atoms with Crippen LogP contribution >= 0.6 is 0 Å². The minimum Gasteiger partial charge on any atom is -0.780 e. The molecule has 0 radical (unpaired) electrons. The molecule has 5 saturated heterocycles. The molecule has 8 bridgehead atoms. The van der Waals surface area contributed by atoms with E-state index in [2.05, 4.69) is 60.7 Å². The van der Waals surface area contributed by atoms with Crippen molar-refractivity contribution in [1.82, 2.24) is 42.5 Å². The van der Waals surface area contributed by atoms with Gasteiger partial charge >= 0.3 is 17.1 Å². The summed E-state index contributed by atoms with van der Waals surface area (Å²) in [5.41, 5.74) is 0. The molecule has 11 rings (SSSR count). The number of hydrogen-bond donors (Lipinski definition) is 8. The van der Waals surface area contributed by atoms with Crippen LogP contribution in [0.1, 0.15) is 103 Å². The first-order valence-corrected chi connectivity index (χ1v) is 21.8. The molecule has 9 aliphatic rings.